The lowest BCUT2D eigenvalue weighted by Gasteiger charge is -2.11. The molecule has 0 aromatic carbocycles. The van der Waals surface area contributed by atoms with Crippen molar-refractivity contribution in [1.29, 1.82) is 0 Å². The average molecular weight is 206 g/mol. The van der Waals surface area contributed by atoms with Crippen LogP contribution in [0.1, 0.15) is 36.2 Å². The van der Waals surface area contributed by atoms with Gasteiger partial charge in [-0.25, -0.2) is 9.97 Å². The zero-order chi connectivity index (χ0) is 10.7. The first-order valence-electron chi connectivity index (χ1n) is 5.60. The lowest BCUT2D eigenvalue weighted by molar-refractivity contribution is 0.705. The average Bonchev–Trinajstić information content (AvgIpc) is 2.43. The molecule has 4 nitrogen and oxygen atoms in total. The number of aryl methyl sites for hydroxylation is 1. The summed E-state index contributed by atoms with van der Waals surface area (Å²) in [7, 11) is 1.93. The molecule has 2 rings (SSSR count). The number of nitrogens with zero attached hydrogens (tertiary/aromatic N) is 2. The van der Waals surface area contributed by atoms with E-state index in [0.29, 0.717) is 5.95 Å². The monoisotopic (exact) mass is 206 g/mol. The van der Waals surface area contributed by atoms with Crippen LogP contribution >= 0.6 is 0 Å². The Kier molecular flexibility index (Phi) is 3.16. The summed E-state index contributed by atoms with van der Waals surface area (Å²) in [5.74, 6) is 0.418. The van der Waals surface area contributed by atoms with Crippen molar-refractivity contribution in [3.63, 3.8) is 0 Å². The molecule has 4 heteroatoms. The van der Waals surface area contributed by atoms with Crippen LogP contribution in [0.5, 0.6) is 0 Å². The second kappa shape index (κ2) is 4.57. The summed E-state index contributed by atoms with van der Waals surface area (Å²) in [6.07, 6.45) is 5.92. The summed E-state index contributed by atoms with van der Waals surface area (Å²) >= 11 is 0. The highest BCUT2D eigenvalue weighted by Gasteiger charge is 2.15. The molecule has 0 fully saturated rings. The first-order chi connectivity index (χ1) is 7.31. The second-order valence-electron chi connectivity index (χ2n) is 4.04. The molecule has 1 heterocycles. The Morgan fingerprint density at radius 2 is 2.00 bits per heavy atom. The van der Waals surface area contributed by atoms with Gasteiger partial charge in [-0.05, 0) is 38.3 Å². The van der Waals surface area contributed by atoms with Crippen LogP contribution in [0.4, 0.5) is 5.95 Å². The molecule has 1 aromatic rings. The number of nitrogens with two attached hydrogens (primary N) is 1. The van der Waals surface area contributed by atoms with Gasteiger partial charge in [0.15, 0.2) is 0 Å². The number of anilines is 1. The van der Waals surface area contributed by atoms with Gasteiger partial charge in [-0.1, -0.05) is 6.42 Å². The van der Waals surface area contributed by atoms with Crippen LogP contribution in [0.15, 0.2) is 0 Å². The molecule has 0 saturated carbocycles. The standard InChI is InChI=1S/C11H18N4/c1-13-7-10-8-5-3-2-4-6-9(8)14-11(12)15-10/h13H,2-7H2,1H3,(H2,12,14,15). The Balaban J connectivity index is 2.40. The number of nitrogens with one attached hydrogen (secondary N) is 1. The summed E-state index contributed by atoms with van der Waals surface area (Å²) in [6.45, 7) is 0.787. The lowest BCUT2D eigenvalue weighted by atomic mass is 10.1. The molecule has 0 amide bonds. The molecule has 1 aromatic heterocycles. The third kappa shape index (κ3) is 2.26. The van der Waals surface area contributed by atoms with E-state index in [0.717, 1.165) is 25.1 Å². The molecule has 1 aliphatic carbocycles. The fourth-order valence-electron chi connectivity index (χ4n) is 2.18. The van der Waals surface area contributed by atoms with Crippen LogP contribution in [0.3, 0.4) is 0 Å². The Labute approximate surface area is 90.3 Å². The quantitative estimate of drug-likeness (QED) is 0.710. The molecule has 0 aliphatic heterocycles. The minimum absolute atomic E-state index is 0.418. The summed E-state index contributed by atoms with van der Waals surface area (Å²) < 4.78 is 0. The molecule has 0 saturated heterocycles. The fourth-order valence-corrected chi connectivity index (χ4v) is 2.18. The number of rotatable bonds is 2. The first kappa shape index (κ1) is 10.4. The summed E-state index contributed by atoms with van der Waals surface area (Å²) in [4.78, 5) is 8.68. The largest absolute Gasteiger partial charge is 0.368 e. The van der Waals surface area contributed by atoms with Gasteiger partial charge < -0.3 is 11.1 Å². The van der Waals surface area contributed by atoms with E-state index in [1.54, 1.807) is 0 Å². The van der Waals surface area contributed by atoms with E-state index in [1.807, 2.05) is 7.05 Å². The maximum absolute atomic E-state index is 5.71. The Hall–Kier alpha value is -1.16. The molecular formula is C11H18N4. The molecule has 0 spiro atoms. The van der Waals surface area contributed by atoms with Crippen molar-refractivity contribution < 1.29 is 0 Å². The molecule has 0 unspecified atom stereocenters. The van der Waals surface area contributed by atoms with Gasteiger partial charge in [0.1, 0.15) is 0 Å². The van der Waals surface area contributed by atoms with Gasteiger partial charge in [-0.3, -0.25) is 0 Å². The third-order valence-electron chi connectivity index (χ3n) is 2.88. The highest BCUT2D eigenvalue weighted by molar-refractivity contribution is 5.33. The van der Waals surface area contributed by atoms with Gasteiger partial charge in [-0.2, -0.15) is 0 Å². The zero-order valence-electron chi connectivity index (χ0n) is 9.21. The summed E-state index contributed by atoms with van der Waals surface area (Å²) in [6, 6.07) is 0. The van der Waals surface area contributed by atoms with Crippen LogP contribution < -0.4 is 11.1 Å². The molecular weight excluding hydrogens is 188 g/mol. The van der Waals surface area contributed by atoms with Crippen molar-refractivity contribution in [3.05, 3.63) is 17.0 Å². The van der Waals surface area contributed by atoms with Gasteiger partial charge >= 0.3 is 0 Å². The summed E-state index contributed by atoms with van der Waals surface area (Å²) in [5, 5.41) is 3.14. The van der Waals surface area contributed by atoms with Crippen molar-refractivity contribution in [2.75, 3.05) is 12.8 Å². The van der Waals surface area contributed by atoms with Gasteiger partial charge in [0.25, 0.3) is 0 Å². The van der Waals surface area contributed by atoms with E-state index in [4.69, 9.17) is 5.73 Å². The maximum Gasteiger partial charge on any atom is 0.220 e. The van der Waals surface area contributed by atoms with E-state index in [-0.39, 0.29) is 0 Å². The number of aromatic nitrogens is 2. The molecule has 0 atom stereocenters. The second-order valence-corrected chi connectivity index (χ2v) is 4.04. The molecule has 15 heavy (non-hydrogen) atoms. The highest BCUT2D eigenvalue weighted by atomic mass is 15.0. The first-order valence-corrected chi connectivity index (χ1v) is 5.60. The molecule has 82 valence electrons. The van der Waals surface area contributed by atoms with Gasteiger partial charge in [0, 0.05) is 12.2 Å². The number of hydrogen-bond acceptors (Lipinski definition) is 4. The van der Waals surface area contributed by atoms with Crippen molar-refractivity contribution in [2.24, 2.45) is 0 Å². The number of nitrogen functional groups attached to an aromatic ring is 1. The molecule has 0 bridgehead atoms. The van der Waals surface area contributed by atoms with Crippen LogP contribution in [-0.4, -0.2) is 17.0 Å². The topological polar surface area (TPSA) is 63.8 Å². The number of fused-ring (bicyclic) bond motifs is 1. The third-order valence-corrected chi connectivity index (χ3v) is 2.88. The van der Waals surface area contributed by atoms with E-state index < -0.39 is 0 Å². The predicted octanol–water partition coefficient (Wildman–Crippen LogP) is 1.05. The molecule has 0 radical (unpaired) electrons. The Morgan fingerprint density at radius 3 is 2.80 bits per heavy atom. The minimum Gasteiger partial charge on any atom is -0.368 e. The highest BCUT2D eigenvalue weighted by Crippen LogP contribution is 2.22. The van der Waals surface area contributed by atoms with Gasteiger partial charge in [0.2, 0.25) is 5.95 Å². The normalized spacial score (nSPS) is 15.8. The SMILES string of the molecule is CNCc1nc(N)nc2c1CCCCC2. The maximum atomic E-state index is 5.71. The smallest absolute Gasteiger partial charge is 0.220 e. The fraction of sp³-hybridized carbons (Fsp3) is 0.636. The van der Waals surface area contributed by atoms with E-state index in [1.165, 1.54) is 30.5 Å². The number of hydrogen-bond donors (Lipinski definition) is 2. The zero-order valence-corrected chi connectivity index (χ0v) is 9.21. The van der Waals surface area contributed by atoms with E-state index in [9.17, 15) is 0 Å². The van der Waals surface area contributed by atoms with Crippen LogP contribution in [0.25, 0.3) is 0 Å². The Morgan fingerprint density at radius 1 is 1.20 bits per heavy atom. The van der Waals surface area contributed by atoms with Gasteiger partial charge in [-0.15, -0.1) is 0 Å². The van der Waals surface area contributed by atoms with Crippen molar-refractivity contribution in [2.45, 2.75) is 38.6 Å². The lowest BCUT2D eigenvalue weighted by Crippen LogP contribution is -2.14. The molecule has 1 aliphatic rings. The van der Waals surface area contributed by atoms with Crippen molar-refractivity contribution in [1.82, 2.24) is 15.3 Å². The van der Waals surface area contributed by atoms with E-state index >= 15 is 0 Å². The summed E-state index contributed by atoms with van der Waals surface area (Å²) in [5.41, 5.74) is 9.30. The van der Waals surface area contributed by atoms with Crippen LogP contribution in [-0.2, 0) is 19.4 Å². The van der Waals surface area contributed by atoms with Gasteiger partial charge in [0.05, 0.1) is 5.69 Å². The van der Waals surface area contributed by atoms with Crippen LogP contribution in [0, 0.1) is 0 Å². The van der Waals surface area contributed by atoms with Crippen molar-refractivity contribution >= 4 is 5.95 Å². The minimum atomic E-state index is 0.418. The van der Waals surface area contributed by atoms with Crippen LogP contribution in [0.2, 0.25) is 0 Å². The van der Waals surface area contributed by atoms with Crippen molar-refractivity contribution in [3.8, 4) is 0 Å². The Bertz CT molecular complexity index is 349. The van der Waals surface area contributed by atoms with E-state index in [2.05, 4.69) is 15.3 Å². The molecule has 3 N–H and O–H groups in total. The predicted molar refractivity (Wildman–Crippen MR) is 60.5 cm³/mol.